The molecular formula is C5H11NO6S. The van der Waals surface area contributed by atoms with Crippen LogP contribution in [0.2, 0.25) is 0 Å². The smallest absolute Gasteiger partial charge is 0.389 e. The van der Waals surface area contributed by atoms with Gasteiger partial charge in [-0.2, -0.15) is 8.42 Å². The number of hydrogen-bond donors (Lipinski definition) is 4. The van der Waals surface area contributed by atoms with Crippen LogP contribution in [0.5, 0.6) is 0 Å². The van der Waals surface area contributed by atoms with Crippen molar-refractivity contribution in [2.24, 2.45) is 0 Å². The maximum Gasteiger partial charge on any atom is 0.397 e. The fourth-order valence-electron chi connectivity index (χ4n) is 1.11. The number of rotatable bonds is 2. The molecule has 7 nitrogen and oxygen atoms in total. The van der Waals surface area contributed by atoms with Crippen LogP contribution in [-0.4, -0.2) is 54.6 Å². The van der Waals surface area contributed by atoms with Gasteiger partial charge >= 0.3 is 10.4 Å². The Kier molecular flexibility index (Phi) is 3.22. The first-order valence-corrected chi connectivity index (χ1v) is 4.99. The number of aliphatic hydroxyl groups is 2. The summed E-state index contributed by atoms with van der Waals surface area (Å²) >= 11 is 0. The van der Waals surface area contributed by atoms with Crippen molar-refractivity contribution < 1.29 is 27.4 Å². The van der Waals surface area contributed by atoms with Gasteiger partial charge in [0, 0.05) is 13.1 Å². The molecule has 1 rings (SSSR count). The Hall–Kier alpha value is -0.250. The molecule has 0 aromatic carbocycles. The second-order valence-electron chi connectivity index (χ2n) is 2.78. The van der Waals surface area contributed by atoms with Crippen LogP contribution in [0.25, 0.3) is 0 Å². The minimum absolute atomic E-state index is 0.0536. The van der Waals surface area contributed by atoms with Crippen LogP contribution in [-0.2, 0) is 14.6 Å². The largest absolute Gasteiger partial charge is 0.397 e. The fraction of sp³-hybridized carbons (Fsp3) is 1.00. The topological polar surface area (TPSA) is 116 Å². The molecule has 0 aliphatic carbocycles. The van der Waals surface area contributed by atoms with Crippen molar-refractivity contribution in [2.75, 3.05) is 13.1 Å². The second kappa shape index (κ2) is 3.86. The lowest BCUT2D eigenvalue weighted by Gasteiger charge is -2.30. The van der Waals surface area contributed by atoms with Crippen LogP contribution in [0.15, 0.2) is 0 Å². The van der Waals surface area contributed by atoms with Crippen LogP contribution < -0.4 is 5.32 Å². The van der Waals surface area contributed by atoms with Gasteiger partial charge in [-0.3, -0.25) is 4.55 Å². The van der Waals surface area contributed by atoms with E-state index in [1.165, 1.54) is 0 Å². The average molecular weight is 213 g/mol. The summed E-state index contributed by atoms with van der Waals surface area (Å²) in [5, 5.41) is 20.9. The first-order chi connectivity index (χ1) is 5.90. The molecule has 8 heteroatoms. The van der Waals surface area contributed by atoms with Gasteiger partial charge in [-0.25, -0.2) is 4.18 Å². The summed E-state index contributed by atoms with van der Waals surface area (Å²) < 4.78 is 32.9. The van der Waals surface area contributed by atoms with E-state index >= 15 is 0 Å². The van der Waals surface area contributed by atoms with E-state index in [-0.39, 0.29) is 13.1 Å². The number of hydrogen-bond acceptors (Lipinski definition) is 6. The minimum atomic E-state index is -4.59. The van der Waals surface area contributed by atoms with E-state index in [1.807, 2.05) is 0 Å². The van der Waals surface area contributed by atoms with Crippen molar-refractivity contribution in [3.8, 4) is 0 Å². The van der Waals surface area contributed by atoms with Crippen molar-refractivity contribution in [3.05, 3.63) is 0 Å². The lowest BCUT2D eigenvalue weighted by Crippen LogP contribution is -2.55. The molecule has 1 aliphatic heterocycles. The standard InChI is InChI=1S/C5H11NO6S/c7-3-1-6-2-4(5(3)8)12-13(9,10)11/h3-8H,1-2H2,(H,9,10,11). The van der Waals surface area contributed by atoms with Crippen molar-refractivity contribution in [2.45, 2.75) is 18.3 Å². The summed E-state index contributed by atoms with van der Waals surface area (Å²) in [6.45, 7) is 0.213. The average Bonchev–Trinajstić information content (AvgIpc) is 1.96. The molecule has 1 fully saturated rings. The van der Waals surface area contributed by atoms with Crippen molar-refractivity contribution >= 4 is 10.4 Å². The molecular weight excluding hydrogens is 202 g/mol. The highest BCUT2D eigenvalue weighted by Gasteiger charge is 2.33. The van der Waals surface area contributed by atoms with E-state index in [2.05, 4.69) is 9.50 Å². The van der Waals surface area contributed by atoms with Gasteiger partial charge < -0.3 is 15.5 Å². The predicted molar refractivity (Wildman–Crippen MR) is 41.3 cm³/mol. The minimum Gasteiger partial charge on any atom is -0.389 e. The van der Waals surface area contributed by atoms with Gasteiger partial charge in [-0.1, -0.05) is 0 Å². The molecule has 0 bridgehead atoms. The first kappa shape index (κ1) is 10.8. The Bertz CT molecular complexity index is 264. The summed E-state index contributed by atoms with van der Waals surface area (Å²) in [6, 6.07) is 0. The fourth-order valence-corrected chi connectivity index (χ4v) is 1.60. The van der Waals surface area contributed by atoms with Gasteiger partial charge in [0.1, 0.15) is 12.2 Å². The molecule has 4 N–H and O–H groups in total. The van der Waals surface area contributed by atoms with Gasteiger partial charge in [0.25, 0.3) is 0 Å². The molecule has 1 saturated heterocycles. The molecule has 1 aliphatic rings. The summed E-state index contributed by atoms with van der Waals surface area (Å²) in [5.41, 5.74) is 0. The SMILES string of the molecule is O=S(=O)(O)OC1CNCC(O)C1O. The summed E-state index contributed by atoms with van der Waals surface area (Å²) in [5.74, 6) is 0. The molecule has 1 heterocycles. The molecule has 0 aromatic rings. The molecule has 0 aromatic heterocycles. The van der Waals surface area contributed by atoms with E-state index in [1.54, 1.807) is 0 Å². The molecule has 0 amide bonds. The zero-order valence-corrected chi connectivity index (χ0v) is 7.44. The number of aliphatic hydroxyl groups excluding tert-OH is 2. The Morgan fingerprint density at radius 3 is 2.46 bits per heavy atom. The van der Waals surface area contributed by atoms with E-state index in [9.17, 15) is 13.5 Å². The lowest BCUT2D eigenvalue weighted by molar-refractivity contribution is -0.0659. The van der Waals surface area contributed by atoms with Gasteiger partial charge in [-0.05, 0) is 0 Å². The highest BCUT2D eigenvalue weighted by molar-refractivity contribution is 7.80. The van der Waals surface area contributed by atoms with E-state index in [4.69, 9.17) is 9.66 Å². The summed E-state index contributed by atoms with van der Waals surface area (Å²) in [4.78, 5) is 0. The Morgan fingerprint density at radius 1 is 1.31 bits per heavy atom. The molecule has 0 spiro atoms. The van der Waals surface area contributed by atoms with Gasteiger partial charge in [0.15, 0.2) is 0 Å². The summed E-state index contributed by atoms with van der Waals surface area (Å²) in [7, 11) is -4.59. The lowest BCUT2D eigenvalue weighted by atomic mass is 10.0. The third-order valence-corrected chi connectivity index (χ3v) is 2.21. The third kappa shape index (κ3) is 3.18. The molecule has 0 saturated carbocycles. The second-order valence-corrected chi connectivity index (χ2v) is 3.83. The Labute approximate surface area is 75.3 Å². The first-order valence-electron chi connectivity index (χ1n) is 3.62. The van der Waals surface area contributed by atoms with E-state index < -0.39 is 28.7 Å². The van der Waals surface area contributed by atoms with Crippen LogP contribution >= 0.6 is 0 Å². The van der Waals surface area contributed by atoms with E-state index in [0.717, 1.165) is 0 Å². The maximum absolute atomic E-state index is 10.3. The van der Waals surface area contributed by atoms with Crippen molar-refractivity contribution in [1.29, 1.82) is 0 Å². The Morgan fingerprint density at radius 2 is 1.92 bits per heavy atom. The number of β-amino-alcohol motifs (C(OH)–C–C–N with tert-alkyl or cyclic N) is 1. The third-order valence-electron chi connectivity index (χ3n) is 1.72. The van der Waals surface area contributed by atoms with Crippen molar-refractivity contribution in [1.82, 2.24) is 5.32 Å². The van der Waals surface area contributed by atoms with Gasteiger partial charge in [-0.15, -0.1) is 0 Å². The zero-order chi connectivity index (χ0) is 10.1. The van der Waals surface area contributed by atoms with Gasteiger partial charge in [0.05, 0.1) is 6.10 Å². The quantitative estimate of drug-likeness (QED) is 0.375. The molecule has 13 heavy (non-hydrogen) atoms. The predicted octanol–water partition coefficient (Wildman–Crippen LogP) is -2.50. The summed E-state index contributed by atoms with van der Waals surface area (Å²) in [6.07, 6.45) is -3.57. The maximum atomic E-state index is 10.3. The van der Waals surface area contributed by atoms with Gasteiger partial charge in [0.2, 0.25) is 0 Å². The van der Waals surface area contributed by atoms with E-state index in [0.29, 0.717) is 0 Å². The highest BCUT2D eigenvalue weighted by Crippen LogP contribution is 2.10. The molecule has 3 unspecified atom stereocenters. The van der Waals surface area contributed by atoms with Crippen LogP contribution in [0.3, 0.4) is 0 Å². The molecule has 3 atom stereocenters. The zero-order valence-electron chi connectivity index (χ0n) is 6.62. The monoisotopic (exact) mass is 213 g/mol. The normalized spacial score (nSPS) is 36.1. The molecule has 0 radical (unpaired) electrons. The highest BCUT2D eigenvalue weighted by atomic mass is 32.3. The van der Waals surface area contributed by atoms with Crippen LogP contribution in [0.4, 0.5) is 0 Å². The van der Waals surface area contributed by atoms with Crippen LogP contribution in [0, 0.1) is 0 Å². The number of nitrogens with one attached hydrogen (secondary N) is 1. The number of piperidine rings is 1. The van der Waals surface area contributed by atoms with Crippen molar-refractivity contribution in [3.63, 3.8) is 0 Å². The van der Waals surface area contributed by atoms with Crippen LogP contribution in [0.1, 0.15) is 0 Å². The molecule has 78 valence electrons. The Balaban J connectivity index is 2.59.